The molecule has 0 saturated carbocycles. The lowest BCUT2D eigenvalue weighted by atomic mass is 10.8. The molecule has 0 aliphatic carbocycles. The van der Waals surface area contributed by atoms with Crippen molar-refractivity contribution in [3.05, 3.63) is 16.6 Å². The predicted molar refractivity (Wildman–Crippen MR) is 43.0 cm³/mol. The Labute approximate surface area is 65.5 Å². The van der Waals surface area contributed by atoms with Crippen molar-refractivity contribution in [1.82, 2.24) is 4.98 Å². The van der Waals surface area contributed by atoms with Crippen molar-refractivity contribution in [2.24, 2.45) is 0 Å². The summed E-state index contributed by atoms with van der Waals surface area (Å²) in [6, 6.07) is 0. The van der Waals surface area contributed by atoms with Gasteiger partial charge in [-0.15, -0.1) is 23.0 Å². The number of carbonyl (C=O) groups excluding carboxylic acids is 1. The van der Waals surface area contributed by atoms with E-state index < -0.39 is 0 Å². The van der Waals surface area contributed by atoms with Gasteiger partial charge in [0.05, 0.1) is 0 Å². The van der Waals surface area contributed by atoms with Crippen LogP contribution in [0.1, 0.15) is 9.80 Å². The Bertz CT molecular complexity index is 196. The summed E-state index contributed by atoms with van der Waals surface area (Å²) in [6.07, 6.45) is 1.60. The molecule has 0 bridgehead atoms. The van der Waals surface area contributed by atoms with Crippen molar-refractivity contribution in [3.8, 4) is 0 Å². The normalized spacial score (nSPS) is 9.44. The molecule has 2 nitrogen and oxygen atoms in total. The predicted octanol–water partition coefficient (Wildman–Crippen LogP) is 1.86. The van der Waals surface area contributed by atoms with Gasteiger partial charge in [0.15, 0.2) is 5.01 Å². The summed E-state index contributed by atoms with van der Waals surface area (Å²) in [5, 5.41) is 2.18. The molecule has 0 aliphatic heterocycles. The van der Waals surface area contributed by atoms with Crippen molar-refractivity contribution >= 4 is 38.9 Å². The highest BCUT2D eigenvalue weighted by atomic mass is 33.1. The van der Waals surface area contributed by atoms with Crippen molar-refractivity contribution in [1.29, 1.82) is 0 Å². The lowest BCUT2D eigenvalue weighted by molar-refractivity contribution is 0.109. The standard InChI is InChI=1S/C4H3NOS3/c6-4(9-7)3-5-1-2-8-3/h1-2,7H. The van der Waals surface area contributed by atoms with Gasteiger partial charge in [0, 0.05) is 11.6 Å². The van der Waals surface area contributed by atoms with Crippen LogP contribution in [-0.2, 0) is 0 Å². The van der Waals surface area contributed by atoms with Gasteiger partial charge in [-0.2, -0.15) is 0 Å². The largest absolute Gasteiger partial charge is 0.278 e. The van der Waals surface area contributed by atoms with Gasteiger partial charge in [-0.1, -0.05) is 0 Å². The Morgan fingerprint density at radius 2 is 2.67 bits per heavy atom. The zero-order valence-corrected chi connectivity index (χ0v) is 6.80. The van der Waals surface area contributed by atoms with Crippen LogP contribution in [0.5, 0.6) is 0 Å². The van der Waals surface area contributed by atoms with Gasteiger partial charge >= 0.3 is 0 Å². The summed E-state index contributed by atoms with van der Waals surface area (Å²) in [6.45, 7) is 0. The maximum atomic E-state index is 10.7. The monoisotopic (exact) mass is 177 g/mol. The molecular formula is C4H3NOS3. The van der Waals surface area contributed by atoms with E-state index in [-0.39, 0.29) is 5.12 Å². The molecule has 0 aliphatic rings. The maximum absolute atomic E-state index is 10.7. The summed E-state index contributed by atoms with van der Waals surface area (Å²) in [4.78, 5) is 14.5. The maximum Gasteiger partial charge on any atom is 0.258 e. The summed E-state index contributed by atoms with van der Waals surface area (Å²) in [7, 11) is 0.886. The van der Waals surface area contributed by atoms with Crippen LogP contribution < -0.4 is 0 Å². The summed E-state index contributed by atoms with van der Waals surface area (Å²) < 4.78 is 0. The van der Waals surface area contributed by atoms with Crippen molar-refractivity contribution in [2.45, 2.75) is 0 Å². The third-order valence-corrected chi connectivity index (χ3v) is 2.45. The van der Waals surface area contributed by atoms with Crippen molar-refractivity contribution in [3.63, 3.8) is 0 Å². The van der Waals surface area contributed by atoms with Crippen LogP contribution in [0.25, 0.3) is 0 Å². The van der Waals surface area contributed by atoms with E-state index in [4.69, 9.17) is 0 Å². The number of aromatic nitrogens is 1. The smallest absolute Gasteiger partial charge is 0.258 e. The molecule has 0 unspecified atom stereocenters. The van der Waals surface area contributed by atoms with Gasteiger partial charge in [0.25, 0.3) is 5.12 Å². The van der Waals surface area contributed by atoms with E-state index in [1.807, 2.05) is 0 Å². The molecule has 0 N–H and O–H groups in total. The third-order valence-electron chi connectivity index (χ3n) is 0.690. The second kappa shape index (κ2) is 3.24. The Balaban J connectivity index is 2.77. The highest BCUT2D eigenvalue weighted by Gasteiger charge is 2.04. The molecule has 0 fully saturated rings. The lowest BCUT2D eigenvalue weighted by Gasteiger charge is -1.83. The molecule has 0 amide bonds. The van der Waals surface area contributed by atoms with Crippen LogP contribution in [0.4, 0.5) is 0 Å². The fraction of sp³-hybridized carbons (Fsp3) is 0. The zero-order chi connectivity index (χ0) is 6.69. The van der Waals surface area contributed by atoms with Crippen LogP contribution >= 0.6 is 33.8 Å². The van der Waals surface area contributed by atoms with Crippen LogP contribution in [0.2, 0.25) is 0 Å². The van der Waals surface area contributed by atoms with Gasteiger partial charge in [-0.25, -0.2) is 4.98 Å². The van der Waals surface area contributed by atoms with Crippen molar-refractivity contribution in [2.75, 3.05) is 0 Å². The van der Waals surface area contributed by atoms with E-state index in [0.717, 1.165) is 10.8 Å². The molecular weight excluding hydrogens is 174 g/mol. The highest BCUT2D eigenvalue weighted by molar-refractivity contribution is 8.75. The van der Waals surface area contributed by atoms with E-state index in [9.17, 15) is 4.79 Å². The topological polar surface area (TPSA) is 30.0 Å². The van der Waals surface area contributed by atoms with E-state index >= 15 is 0 Å². The summed E-state index contributed by atoms with van der Waals surface area (Å²) in [5.41, 5.74) is 0. The number of hydrogen-bond donors (Lipinski definition) is 1. The molecule has 5 heteroatoms. The van der Waals surface area contributed by atoms with Crippen LogP contribution in [0.3, 0.4) is 0 Å². The molecule has 1 aromatic rings. The van der Waals surface area contributed by atoms with Gasteiger partial charge in [-0.05, 0) is 10.8 Å². The number of thiazole rings is 1. The lowest BCUT2D eigenvalue weighted by Crippen LogP contribution is -1.86. The average molecular weight is 177 g/mol. The second-order valence-electron chi connectivity index (χ2n) is 1.22. The first-order valence-corrected chi connectivity index (χ1v) is 4.84. The first kappa shape index (κ1) is 7.11. The van der Waals surface area contributed by atoms with Crippen LogP contribution in [0.15, 0.2) is 11.6 Å². The fourth-order valence-electron chi connectivity index (χ4n) is 0.363. The molecule has 48 valence electrons. The Kier molecular flexibility index (Phi) is 2.56. The average Bonchev–Trinajstić information content (AvgIpc) is 2.37. The van der Waals surface area contributed by atoms with Gasteiger partial charge in [0.1, 0.15) is 0 Å². The molecule has 0 aromatic carbocycles. The van der Waals surface area contributed by atoms with E-state index in [1.54, 1.807) is 11.6 Å². The molecule has 1 heterocycles. The van der Waals surface area contributed by atoms with E-state index in [2.05, 4.69) is 16.6 Å². The Hall–Kier alpha value is -0.0000000000000000833. The number of nitrogens with zero attached hydrogens (tertiary/aromatic N) is 1. The number of carbonyl (C=O) groups is 1. The minimum absolute atomic E-state index is 0.0895. The fourth-order valence-corrected chi connectivity index (χ4v) is 1.68. The van der Waals surface area contributed by atoms with Crippen LogP contribution in [-0.4, -0.2) is 10.1 Å². The van der Waals surface area contributed by atoms with Crippen LogP contribution in [0, 0.1) is 0 Å². The molecule has 1 aromatic heterocycles. The minimum atomic E-state index is -0.0895. The highest BCUT2D eigenvalue weighted by Crippen LogP contribution is 2.16. The number of hydrogen-bond acceptors (Lipinski definition) is 5. The Morgan fingerprint density at radius 1 is 1.89 bits per heavy atom. The van der Waals surface area contributed by atoms with E-state index in [0.29, 0.717) is 5.01 Å². The third kappa shape index (κ3) is 1.70. The minimum Gasteiger partial charge on any atom is -0.278 e. The molecule has 0 saturated heterocycles. The summed E-state index contributed by atoms with van der Waals surface area (Å²) in [5.74, 6) is 0. The second-order valence-corrected chi connectivity index (χ2v) is 3.21. The summed E-state index contributed by atoms with van der Waals surface area (Å²) >= 11 is 5.06. The van der Waals surface area contributed by atoms with E-state index in [1.165, 1.54) is 11.3 Å². The first-order chi connectivity index (χ1) is 4.34. The van der Waals surface area contributed by atoms with Gasteiger partial charge < -0.3 is 0 Å². The molecule has 0 spiro atoms. The molecule has 1 rings (SSSR count). The quantitative estimate of drug-likeness (QED) is 0.524. The Morgan fingerprint density at radius 3 is 3.11 bits per heavy atom. The zero-order valence-electron chi connectivity index (χ0n) is 4.27. The first-order valence-electron chi connectivity index (χ1n) is 2.10. The van der Waals surface area contributed by atoms with Crippen molar-refractivity contribution < 1.29 is 4.79 Å². The van der Waals surface area contributed by atoms with Gasteiger partial charge in [-0.3, -0.25) is 4.79 Å². The number of thiol groups is 1. The molecule has 9 heavy (non-hydrogen) atoms. The van der Waals surface area contributed by atoms with Gasteiger partial charge in [0.2, 0.25) is 0 Å². The SMILES string of the molecule is O=C(SS)c1nccs1. The number of rotatable bonds is 1. The molecule has 0 atom stereocenters. The molecule has 0 radical (unpaired) electrons.